The molecule has 31 heavy (non-hydrogen) atoms. The molecule has 0 saturated heterocycles. The normalized spacial score (nSPS) is 12.6. The van der Waals surface area contributed by atoms with Crippen molar-refractivity contribution < 1.29 is 9.13 Å². The highest BCUT2D eigenvalue weighted by molar-refractivity contribution is 7.09. The zero-order chi connectivity index (χ0) is 22.1. The predicted molar refractivity (Wildman–Crippen MR) is 122 cm³/mol. The van der Waals surface area contributed by atoms with Crippen LogP contribution in [0.4, 0.5) is 4.39 Å². The van der Waals surface area contributed by atoms with Gasteiger partial charge in [0.15, 0.2) is 23.4 Å². The fraction of sp³-hybridized carbons (Fsp3) is 0.409. The monoisotopic (exact) mass is 444 g/mol. The topological polar surface area (TPSA) is 76.4 Å². The van der Waals surface area contributed by atoms with Crippen molar-refractivity contribution in [3.63, 3.8) is 0 Å². The van der Waals surface area contributed by atoms with Crippen LogP contribution in [0.15, 0.2) is 46.8 Å². The summed E-state index contributed by atoms with van der Waals surface area (Å²) in [5.74, 6) is 2.19. The molecular weight excluding hydrogens is 415 g/mol. The minimum atomic E-state index is -0.360. The Morgan fingerprint density at radius 2 is 2.06 bits per heavy atom. The third kappa shape index (κ3) is 6.78. The molecule has 0 amide bonds. The van der Waals surface area contributed by atoms with Crippen LogP contribution in [0.5, 0.6) is 5.75 Å². The van der Waals surface area contributed by atoms with Gasteiger partial charge in [-0.25, -0.2) is 9.38 Å². The lowest BCUT2D eigenvalue weighted by Crippen LogP contribution is -2.43. The molecule has 1 unspecified atom stereocenters. The summed E-state index contributed by atoms with van der Waals surface area (Å²) in [5, 5.41) is 17.0. The molecule has 9 heteroatoms. The standard InChI is InChI=1S/C22H29FN6OS/c1-4-17(30-20-10-6-5-9-19(20)23)14-25-22(24-12-11-18-8-7-13-31-18)26-15-21-28-27-16(2)29(21)3/h5-10,13,17H,4,11-12,14-15H2,1-3H3,(H2,24,25,26). The predicted octanol–water partition coefficient (Wildman–Crippen LogP) is 3.46. The van der Waals surface area contributed by atoms with Gasteiger partial charge in [-0.2, -0.15) is 0 Å². The minimum Gasteiger partial charge on any atom is -0.486 e. The molecule has 7 nitrogen and oxygen atoms in total. The van der Waals surface area contributed by atoms with Crippen molar-refractivity contribution in [2.75, 3.05) is 13.1 Å². The van der Waals surface area contributed by atoms with E-state index >= 15 is 0 Å². The van der Waals surface area contributed by atoms with Crippen LogP contribution in [0.2, 0.25) is 0 Å². The largest absolute Gasteiger partial charge is 0.486 e. The zero-order valence-corrected chi connectivity index (χ0v) is 19.0. The van der Waals surface area contributed by atoms with Gasteiger partial charge in [0.1, 0.15) is 18.5 Å². The van der Waals surface area contributed by atoms with Gasteiger partial charge in [-0.1, -0.05) is 25.1 Å². The van der Waals surface area contributed by atoms with Crippen LogP contribution >= 0.6 is 11.3 Å². The maximum Gasteiger partial charge on any atom is 0.191 e. The summed E-state index contributed by atoms with van der Waals surface area (Å²) in [4.78, 5) is 5.97. The van der Waals surface area contributed by atoms with E-state index in [-0.39, 0.29) is 17.7 Å². The number of aryl methyl sites for hydroxylation is 1. The third-order valence-corrected chi connectivity index (χ3v) is 5.82. The SMILES string of the molecule is CCC(CNC(=NCc1nnc(C)n1C)NCCc1cccs1)Oc1ccccc1F. The molecule has 3 rings (SSSR count). The average molecular weight is 445 g/mol. The van der Waals surface area contributed by atoms with Crippen molar-refractivity contribution in [2.45, 2.75) is 39.3 Å². The van der Waals surface area contributed by atoms with E-state index in [1.807, 2.05) is 25.5 Å². The van der Waals surface area contributed by atoms with Gasteiger partial charge in [-0.05, 0) is 43.3 Å². The molecule has 1 atom stereocenters. The molecule has 2 N–H and O–H groups in total. The van der Waals surface area contributed by atoms with E-state index in [0.29, 0.717) is 19.0 Å². The second kappa shape index (κ2) is 11.5. The van der Waals surface area contributed by atoms with E-state index in [0.717, 1.165) is 31.0 Å². The van der Waals surface area contributed by atoms with Crippen molar-refractivity contribution >= 4 is 17.3 Å². The quantitative estimate of drug-likeness (QED) is 0.370. The summed E-state index contributed by atoms with van der Waals surface area (Å²) in [6, 6.07) is 10.6. The number of halogens is 1. The average Bonchev–Trinajstić information content (AvgIpc) is 3.40. The molecule has 166 valence electrons. The van der Waals surface area contributed by atoms with Gasteiger partial charge < -0.3 is 19.9 Å². The first-order chi connectivity index (χ1) is 15.1. The maximum absolute atomic E-state index is 13.9. The molecule has 0 fully saturated rings. The Kier molecular flexibility index (Phi) is 8.40. The molecule has 2 aromatic heterocycles. The Bertz CT molecular complexity index is 972. The molecule has 0 saturated carbocycles. The van der Waals surface area contributed by atoms with Crippen LogP contribution in [-0.4, -0.2) is 39.9 Å². The van der Waals surface area contributed by atoms with E-state index in [4.69, 9.17) is 4.74 Å². The first-order valence-corrected chi connectivity index (χ1v) is 11.3. The number of thiophene rings is 1. The van der Waals surface area contributed by atoms with Crippen LogP contribution < -0.4 is 15.4 Å². The number of nitrogens with zero attached hydrogens (tertiary/aromatic N) is 4. The zero-order valence-electron chi connectivity index (χ0n) is 18.1. The first-order valence-electron chi connectivity index (χ1n) is 10.4. The number of aromatic nitrogens is 3. The molecule has 1 aromatic carbocycles. The summed E-state index contributed by atoms with van der Waals surface area (Å²) in [7, 11) is 1.92. The number of para-hydroxylation sites is 1. The lowest BCUT2D eigenvalue weighted by Gasteiger charge is -2.20. The third-order valence-electron chi connectivity index (χ3n) is 4.89. The minimum absolute atomic E-state index is 0.196. The molecular formula is C22H29FN6OS. The second-order valence-corrected chi connectivity index (χ2v) is 8.14. The van der Waals surface area contributed by atoms with E-state index in [1.54, 1.807) is 29.5 Å². The van der Waals surface area contributed by atoms with E-state index in [9.17, 15) is 4.39 Å². The van der Waals surface area contributed by atoms with Crippen molar-refractivity contribution in [3.05, 3.63) is 64.1 Å². The van der Waals surface area contributed by atoms with Gasteiger partial charge in [0.05, 0.1) is 6.54 Å². The van der Waals surface area contributed by atoms with Gasteiger partial charge in [-0.15, -0.1) is 21.5 Å². The molecule has 0 aliphatic carbocycles. The Morgan fingerprint density at radius 3 is 2.74 bits per heavy atom. The van der Waals surface area contributed by atoms with Gasteiger partial charge in [-0.3, -0.25) is 0 Å². The van der Waals surface area contributed by atoms with Crippen molar-refractivity contribution in [3.8, 4) is 5.75 Å². The summed E-state index contributed by atoms with van der Waals surface area (Å²) < 4.78 is 21.7. The molecule has 0 aliphatic heterocycles. The smallest absolute Gasteiger partial charge is 0.191 e. The fourth-order valence-electron chi connectivity index (χ4n) is 2.87. The summed E-state index contributed by atoms with van der Waals surface area (Å²) in [5.41, 5.74) is 0. The Labute approximate surface area is 186 Å². The number of nitrogens with one attached hydrogen (secondary N) is 2. The molecule has 0 spiro atoms. The lowest BCUT2D eigenvalue weighted by atomic mass is 10.2. The summed E-state index contributed by atoms with van der Waals surface area (Å²) >= 11 is 1.74. The maximum atomic E-state index is 13.9. The fourth-order valence-corrected chi connectivity index (χ4v) is 3.58. The number of hydrogen-bond acceptors (Lipinski definition) is 5. The summed E-state index contributed by atoms with van der Waals surface area (Å²) in [6.07, 6.45) is 1.44. The number of hydrogen-bond donors (Lipinski definition) is 2. The van der Waals surface area contributed by atoms with E-state index < -0.39 is 0 Å². The number of aliphatic imine (C=N–C) groups is 1. The van der Waals surface area contributed by atoms with Crippen LogP contribution in [0, 0.1) is 12.7 Å². The van der Waals surface area contributed by atoms with Crippen molar-refractivity contribution in [1.82, 2.24) is 25.4 Å². The van der Waals surface area contributed by atoms with E-state index in [2.05, 4.69) is 43.3 Å². The molecule has 2 heterocycles. The molecule has 0 aliphatic rings. The highest BCUT2D eigenvalue weighted by Crippen LogP contribution is 2.17. The Morgan fingerprint density at radius 1 is 1.23 bits per heavy atom. The Balaban J connectivity index is 1.61. The van der Waals surface area contributed by atoms with Gasteiger partial charge >= 0.3 is 0 Å². The highest BCUT2D eigenvalue weighted by atomic mass is 32.1. The van der Waals surface area contributed by atoms with Crippen molar-refractivity contribution in [2.24, 2.45) is 12.0 Å². The molecule has 3 aromatic rings. The first kappa shape index (κ1) is 22.7. The number of ether oxygens (including phenoxy) is 1. The van der Waals surface area contributed by atoms with Crippen LogP contribution in [-0.2, 0) is 20.0 Å². The molecule has 0 radical (unpaired) electrons. The number of benzene rings is 1. The van der Waals surface area contributed by atoms with Gasteiger partial charge in [0.25, 0.3) is 0 Å². The van der Waals surface area contributed by atoms with Gasteiger partial charge in [0.2, 0.25) is 0 Å². The van der Waals surface area contributed by atoms with Crippen LogP contribution in [0.3, 0.4) is 0 Å². The van der Waals surface area contributed by atoms with Crippen LogP contribution in [0.25, 0.3) is 0 Å². The summed E-state index contributed by atoms with van der Waals surface area (Å²) in [6.45, 7) is 5.56. The number of rotatable bonds is 10. The second-order valence-electron chi connectivity index (χ2n) is 7.10. The van der Waals surface area contributed by atoms with Crippen molar-refractivity contribution in [1.29, 1.82) is 0 Å². The Hall–Kier alpha value is -2.94. The van der Waals surface area contributed by atoms with Crippen LogP contribution in [0.1, 0.15) is 29.9 Å². The number of guanidine groups is 1. The van der Waals surface area contributed by atoms with Gasteiger partial charge in [0, 0.05) is 18.5 Å². The highest BCUT2D eigenvalue weighted by Gasteiger charge is 2.13. The van der Waals surface area contributed by atoms with E-state index in [1.165, 1.54) is 10.9 Å². The molecule has 0 bridgehead atoms. The lowest BCUT2D eigenvalue weighted by molar-refractivity contribution is 0.191.